The first kappa shape index (κ1) is 41.0. The third kappa shape index (κ3) is 4.54. The summed E-state index contributed by atoms with van der Waals surface area (Å²) in [6.45, 7) is 0. The zero-order chi connectivity index (χ0) is 47.0. The van der Waals surface area contributed by atoms with Gasteiger partial charge in [-0.15, -0.1) is 0 Å². The molecule has 0 saturated carbocycles. The fourth-order valence-electron chi connectivity index (χ4n) is 14.4. The lowest BCUT2D eigenvalue weighted by atomic mass is 9.88. The molecule has 0 spiro atoms. The van der Waals surface area contributed by atoms with Gasteiger partial charge < -0.3 is 0 Å². The Morgan fingerprint density at radius 2 is 0.264 bits per heavy atom. The maximum Gasteiger partial charge on any atom is 0.203 e. The van der Waals surface area contributed by atoms with Crippen molar-refractivity contribution in [1.82, 2.24) is 0 Å². The molecule has 72 heavy (non-hydrogen) atoms. The summed E-state index contributed by atoms with van der Waals surface area (Å²) in [7, 11) is -11.8. The Morgan fingerprint density at radius 3 is 0.375 bits per heavy atom. The van der Waals surface area contributed by atoms with Crippen LogP contribution in [0.3, 0.4) is 0 Å². The van der Waals surface area contributed by atoms with Gasteiger partial charge >= 0.3 is 0 Å². The van der Waals surface area contributed by atoms with Gasteiger partial charge in [0.05, 0.1) is 0 Å². The van der Waals surface area contributed by atoms with Gasteiger partial charge in [0, 0.05) is 80.5 Å². The topological polar surface area (TPSA) is 0 Å². The van der Waals surface area contributed by atoms with Gasteiger partial charge in [0.2, 0.25) is 32.3 Å². The molecule has 4 aromatic heterocycles. The highest BCUT2D eigenvalue weighted by atomic mass is 32.1. The van der Waals surface area contributed by atoms with E-state index in [9.17, 15) is 0 Å². The van der Waals surface area contributed by atoms with Crippen molar-refractivity contribution >= 4 is 155 Å². The van der Waals surface area contributed by atoms with Gasteiger partial charge in [0.15, 0.2) is 0 Å². The Bertz CT molecular complexity index is 3340. The standard InChI is InChI=1S/C64H40S4Si4/c1-9-25-41(26-10-1)69(42-27-11-2-12-28-42)57-49-50-52-54-56-55-53-51(49)59(65-57)70(43-29-13-3-14-30-43,44-31-15-4-16-32-44)61(53)67-63(55)72(47-37-21-7-22-38-47,48-39-23-8-24-40-48)64(56)68-62(54)71(60(52)66-58(50)69,45-33-17-5-18-34-45)46-35-19-6-20-36-46/h1-40H. The Hall–Kier alpha value is -6.57. The summed E-state index contributed by atoms with van der Waals surface area (Å²) in [5.74, 6) is 0. The summed E-state index contributed by atoms with van der Waals surface area (Å²) < 4.78 is 13.2. The van der Waals surface area contributed by atoms with Crippen LogP contribution in [0.5, 0.6) is 0 Å². The Balaban J connectivity index is 1.17. The van der Waals surface area contributed by atoms with E-state index in [2.05, 4.69) is 288 Å². The van der Waals surface area contributed by atoms with E-state index in [1.54, 1.807) is 80.5 Å². The molecule has 0 atom stereocenters. The first-order chi connectivity index (χ1) is 35.8. The number of benzene rings is 8. The third-order valence-corrected chi connectivity index (χ3v) is 47.1. The molecule has 8 aromatic carbocycles. The lowest BCUT2D eigenvalue weighted by Gasteiger charge is -2.33. The second kappa shape index (κ2) is 14.6. The zero-order valence-corrected chi connectivity index (χ0v) is 46.0. The highest BCUT2D eigenvalue weighted by Gasteiger charge is 2.68. The molecular formula is C64H40S4Si4. The third-order valence-electron chi connectivity index (χ3n) is 17.0. The first-order valence-electron chi connectivity index (χ1n) is 24.9. The molecule has 0 bridgehead atoms. The van der Waals surface area contributed by atoms with E-state index in [0.717, 1.165) is 0 Å². The minimum absolute atomic E-state index is 1.50. The van der Waals surface area contributed by atoms with Crippen LogP contribution in [0, 0.1) is 0 Å². The molecule has 8 heteroatoms. The molecule has 0 unspecified atom stereocenters. The van der Waals surface area contributed by atoms with E-state index in [0.29, 0.717) is 0 Å². The van der Waals surface area contributed by atoms with Crippen LogP contribution < -0.4 is 77.5 Å². The quantitative estimate of drug-likeness (QED) is 0.172. The fraction of sp³-hybridized carbons (Fsp3) is 0. The minimum Gasteiger partial charge on any atom is -0.151 e. The molecular weight excluding hydrogens is 1010 g/mol. The van der Waals surface area contributed by atoms with E-state index in [-0.39, 0.29) is 0 Å². The number of rotatable bonds is 8. The zero-order valence-electron chi connectivity index (χ0n) is 38.7. The van der Waals surface area contributed by atoms with Gasteiger partial charge in [-0.05, 0) is 41.5 Å². The van der Waals surface area contributed by atoms with Crippen molar-refractivity contribution in [2.45, 2.75) is 0 Å². The van der Waals surface area contributed by atoms with Crippen LogP contribution in [-0.2, 0) is 0 Å². The monoisotopic (exact) mass is 1050 g/mol. The van der Waals surface area contributed by atoms with Crippen molar-refractivity contribution in [3.05, 3.63) is 243 Å². The molecule has 0 saturated heterocycles. The Morgan fingerprint density at radius 1 is 0.153 bits per heavy atom. The van der Waals surface area contributed by atoms with E-state index < -0.39 is 32.3 Å². The van der Waals surface area contributed by atoms with Crippen LogP contribution in [0.15, 0.2) is 243 Å². The fourth-order valence-corrected chi connectivity index (χ4v) is 52.0. The van der Waals surface area contributed by atoms with Gasteiger partial charge in [-0.3, -0.25) is 0 Å². The highest BCUT2D eigenvalue weighted by molar-refractivity contribution is 7.60. The second-order valence-electron chi connectivity index (χ2n) is 20.0. The van der Waals surface area contributed by atoms with E-state index >= 15 is 0 Å². The lowest BCUT2D eigenvalue weighted by Crippen LogP contribution is -2.75. The summed E-state index contributed by atoms with van der Waals surface area (Å²) in [6.07, 6.45) is 0. The predicted molar refractivity (Wildman–Crippen MR) is 322 cm³/mol. The molecule has 5 aliphatic rings. The van der Waals surface area contributed by atoms with Gasteiger partial charge in [0.1, 0.15) is 0 Å². The summed E-state index contributed by atoms with van der Waals surface area (Å²) >= 11 is 8.99. The molecule has 1 aliphatic carbocycles. The average Bonchev–Trinajstić information content (AvgIpc) is 4.33. The minimum atomic E-state index is -2.96. The van der Waals surface area contributed by atoms with Gasteiger partial charge in [-0.1, -0.05) is 243 Å². The van der Waals surface area contributed by atoms with Gasteiger partial charge in [0.25, 0.3) is 0 Å². The van der Waals surface area contributed by atoms with Crippen molar-refractivity contribution in [2.75, 3.05) is 0 Å². The van der Waals surface area contributed by atoms with Crippen molar-refractivity contribution in [1.29, 1.82) is 0 Å². The molecule has 0 radical (unpaired) electrons. The van der Waals surface area contributed by atoms with Crippen LogP contribution in [0.4, 0.5) is 0 Å². The van der Waals surface area contributed by atoms with Gasteiger partial charge in [-0.2, -0.15) is 45.3 Å². The summed E-state index contributed by atoms with van der Waals surface area (Å²) in [4.78, 5) is 0. The largest absolute Gasteiger partial charge is 0.203 e. The summed E-state index contributed by atoms with van der Waals surface area (Å²) in [5.41, 5.74) is 12.7. The number of hydrogen-bond acceptors (Lipinski definition) is 4. The average molecular weight is 1050 g/mol. The molecule has 0 fully saturated rings. The Labute approximate surface area is 438 Å². The molecule has 12 aromatic rings. The number of hydrogen-bond donors (Lipinski definition) is 0. The van der Waals surface area contributed by atoms with Crippen molar-refractivity contribution in [2.24, 2.45) is 0 Å². The molecule has 4 aliphatic heterocycles. The molecule has 0 nitrogen and oxygen atoms in total. The maximum atomic E-state index is 2.51. The molecule has 0 amide bonds. The molecule has 336 valence electrons. The van der Waals surface area contributed by atoms with Crippen LogP contribution in [0.2, 0.25) is 0 Å². The molecule has 0 N–H and O–H groups in total. The maximum absolute atomic E-state index is 2.96. The smallest absolute Gasteiger partial charge is 0.151 e. The number of thiophene rings is 4. The van der Waals surface area contributed by atoms with Crippen LogP contribution in [0.1, 0.15) is 0 Å². The molecule has 17 rings (SSSR count). The van der Waals surface area contributed by atoms with Crippen molar-refractivity contribution in [3.8, 4) is 44.5 Å². The van der Waals surface area contributed by atoms with Crippen molar-refractivity contribution in [3.63, 3.8) is 0 Å². The summed E-state index contributed by atoms with van der Waals surface area (Å²) in [5, 5.41) is 12.0. The summed E-state index contributed by atoms with van der Waals surface area (Å²) in [6, 6.07) is 95.1. The first-order valence-corrected chi connectivity index (χ1v) is 36.2. The normalized spacial score (nSPS) is 16.2. The van der Waals surface area contributed by atoms with Crippen LogP contribution in [-0.4, -0.2) is 32.3 Å². The van der Waals surface area contributed by atoms with Crippen LogP contribution in [0.25, 0.3) is 44.5 Å². The van der Waals surface area contributed by atoms with Gasteiger partial charge in [-0.25, -0.2) is 0 Å². The molecule has 8 heterocycles. The van der Waals surface area contributed by atoms with E-state index in [1.807, 2.05) is 0 Å². The van der Waals surface area contributed by atoms with E-state index in [4.69, 9.17) is 0 Å². The SMILES string of the molecule is c1ccc([Si]2(c3ccccc3)c3sc4c5c3-c3c2sc2c3-c3c(sc6c3-c3c(sc(c3-5)[Si]4(c3ccccc3)c3ccccc3)[Si]6(c3ccccc3)c3ccccc3)[Si]2(c2ccccc2)c2ccccc2)cc1. The predicted octanol–water partition coefficient (Wildman–Crippen LogP) is 5.68. The Kier molecular flexibility index (Phi) is 8.28. The van der Waals surface area contributed by atoms with Crippen molar-refractivity contribution < 1.29 is 0 Å². The second-order valence-corrected chi connectivity index (χ2v) is 41.6. The van der Waals surface area contributed by atoms with E-state index in [1.165, 1.54) is 41.5 Å². The highest BCUT2D eigenvalue weighted by Crippen LogP contribution is 2.58. The lowest BCUT2D eigenvalue weighted by molar-refractivity contribution is 1.72. The van der Waals surface area contributed by atoms with Crippen LogP contribution >= 0.6 is 45.3 Å².